The number of para-hydroxylation sites is 1. The number of carbonyl (C=O) groups excluding carboxylic acids is 2. The van der Waals surface area contributed by atoms with E-state index in [1.165, 1.54) is 0 Å². The van der Waals surface area contributed by atoms with E-state index in [9.17, 15) is 9.59 Å². The molecule has 0 aromatic heterocycles. The van der Waals surface area contributed by atoms with Gasteiger partial charge in [0.15, 0.2) is 0 Å². The topological polar surface area (TPSA) is 102 Å². The first kappa shape index (κ1) is 16.5. The summed E-state index contributed by atoms with van der Waals surface area (Å²) in [6.07, 6.45) is 1.15. The standard InChI is InChI=1S/C16H19N5O2/c1-20-6-8-21(9-7-20)16(23)12(10-17)11-19-15(22)13-4-2-3-5-14(13)18/h2-5,11H,6-9,18H2,1H3,(H,19,22)/b12-11-. The molecular formula is C16H19N5O2. The Morgan fingerprint density at radius 2 is 1.91 bits per heavy atom. The highest BCUT2D eigenvalue weighted by Gasteiger charge is 2.22. The first-order chi connectivity index (χ1) is 11.0. The molecule has 1 saturated heterocycles. The number of hydrogen-bond acceptors (Lipinski definition) is 5. The number of likely N-dealkylation sites (N-methyl/N-ethyl adjacent to an activating group) is 1. The zero-order valence-electron chi connectivity index (χ0n) is 13.0. The summed E-state index contributed by atoms with van der Waals surface area (Å²) in [7, 11) is 1.98. The maximum atomic E-state index is 12.3. The number of nitrogens with one attached hydrogen (secondary N) is 1. The lowest BCUT2D eigenvalue weighted by Gasteiger charge is -2.32. The summed E-state index contributed by atoms with van der Waals surface area (Å²) in [4.78, 5) is 28.1. The quantitative estimate of drug-likeness (QED) is 0.471. The number of nitrogen functional groups attached to an aromatic ring is 1. The molecule has 0 aliphatic carbocycles. The number of hydrogen-bond donors (Lipinski definition) is 2. The molecule has 0 spiro atoms. The van der Waals surface area contributed by atoms with Crippen molar-refractivity contribution in [3.05, 3.63) is 41.6 Å². The van der Waals surface area contributed by atoms with Gasteiger partial charge in [-0.05, 0) is 19.2 Å². The van der Waals surface area contributed by atoms with Crippen LogP contribution in [0.3, 0.4) is 0 Å². The lowest BCUT2D eigenvalue weighted by molar-refractivity contribution is -0.128. The molecule has 23 heavy (non-hydrogen) atoms. The minimum Gasteiger partial charge on any atom is -0.398 e. The third-order valence-electron chi connectivity index (χ3n) is 3.69. The average Bonchev–Trinajstić information content (AvgIpc) is 2.56. The number of anilines is 1. The summed E-state index contributed by atoms with van der Waals surface area (Å²) in [6, 6.07) is 8.44. The van der Waals surface area contributed by atoms with Crippen LogP contribution in [0.15, 0.2) is 36.0 Å². The van der Waals surface area contributed by atoms with Gasteiger partial charge in [0.2, 0.25) is 0 Å². The Morgan fingerprint density at radius 1 is 1.26 bits per heavy atom. The van der Waals surface area contributed by atoms with Gasteiger partial charge in [-0.2, -0.15) is 5.26 Å². The Balaban J connectivity index is 2.04. The van der Waals surface area contributed by atoms with Crippen molar-refractivity contribution >= 4 is 17.5 Å². The second kappa shape index (κ2) is 7.42. The van der Waals surface area contributed by atoms with Gasteiger partial charge >= 0.3 is 0 Å². The van der Waals surface area contributed by atoms with Crippen molar-refractivity contribution in [2.75, 3.05) is 39.0 Å². The third-order valence-corrected chi connectivity index (χ3v) is 3.69. The largest absolute Gasteiger partial charge is 0.398 e. The smallest absolute Gasteiger partial charge is 0.266 e. The van der Waals surface area contributed by atoms with E-state index >= 15 is 0 Å². The minimum atomic E-state index is -0.456. The molecule has 0 unspecified atom stereocenters. The number of nitriles is 1. The van der Waals surface area contributed by atoms with Gasteiger partial charge in [-0.25, -0.2) is 0 Å². The van der Waals surface area contributed by atoms with E-state index in [1.54, 1.807) is 29.2 Å². The van der Waals surface area contributed by atoms with Crippen LogP contribution >= 0.6 is 0 Å². The molecule has 3 N–H and O–H groups in total. The fraction of sp³-hybridized carbons (Fsp3) is 0.312. The van der Waals surface area contributed by atoms with Crippen molar-refractivity contribution < 1.29 is 9.59 Å². The molecule has 0 radical (unpaired) electrons. The zero-order chi connectivity index (χ0) is 16.8. The molecule has 1 aliphatic heterocycles. The average molecular weight is 313 g/mol. The Bertz CT molecular complexity index is 669. The van der Waals surface area contributed by atoms with E-state index in [0.717, 1.165) is 19.3 Å². The van der Waals surface area contributed by atoms with E-state index in [2.05, 4.69) is 10.2 Å². The molecule has 0 saturated carbocycles. The molecule has 0 atom stereocenters. The molecule has 1 aromatic carbocycles. The number of nitrogens with two attached hydrogens (primary N) is 1. The van der Waals surface area contributed by atoms with Crippen LogP contribution in [0.25, 0.3) is 0 Å². The van der Waals surface area contributed by atoms with Gasteiger partial charge in [0.25, 0.3) is 11.8 Å². The summed E-state index contributed by atoms with van der Waals surface area (Å²) in [5, 5.41) is 11.6. The summed E-state index contributed by atoms with van der Waals surface area (Å²) >= 11 is 0. The number of benzene rings is 1. The molecule has 1 heterocycles. The Hall–Kier alpha value is -2.85. The molecule has 1 fully saturated rings. The van der Waals surface area contributed by atoms with Gasteiger partial charge in [-0.15, -0.1) is 0 Å². The number of piperazine rings is 1. The van der Waals surface area contributed by atoms with Crippen LogP contribution < -0.4 is 11.1 Å². The number of carbonyl (C=O) groups is 2. The molecule has 2 rings (SSSR count). The Kier molecular flexibility index (Phi) is 5.33. The second-order valence-electron chi connectivity index (χ2n) is 5.33. The zero-order valence-corrected chi connectivity index (χ0v) is 13.0. The SMILES string of the molecule is CN1CCN(C(=O)/C(C#N)=C\NC(=O)c2ccccc2N)CC1. The van der Waals surface area contributed by atoms with E-state index in [-0.39, 0.29) is 11.5 Å². The first-order valence-electron chi connectivity index (χ1n) is 7.26. The van der Waals surface area contributed by atoms with Crippen molar-refractivity contribution in [2.24, 2.45) is 0 Å². The van der Waals surface area contributed by atoms with E-state index in [4.69, 9.17) is 11.0 Å². The molecule has 1 aromatic rings. The van der Waals surface area contributed by atoms with Crippen molar-refractivity contribution in [3.8, 4) is 6.07 Å². The maximum absolute atomic E-state index is 12.3. The van der Waals surface area contributed by atoms with Crippen molar-refractivity contribution in [1.29, 1.82) is 5.26 Å². The van der Waals surface area contributed by atoms with Gasteiger partial charge in [-0.1, -0.05) is 12.1 Å². The summed E-state index contributed by atoms with van der Waals surface area (Å²) in [5.41, 5.74) is 6.26. The molecule has 120 valence electrons. The Labute approximate surface area is 135 Å². The number of amides is 2. The van der Waals surface area contributed by atoms with Gasteiger partial charge in [-0.3, -0.25) is 9.59 Å². The molecule has 7 heteroatoms. The molecular weight excluding hydrogens is 294 g/mol. The predicted molar refractivity (Wildman–Crippen MR) is 86.1 cm³/mol. The molecule has 1 aliphatic rings. The van der Waals surface area contributed by atoms with Crippen LogP contribution in [0.1, 0.15) is 10.4 Å². The second-order valence-corrected chi connectivity index (χ2v) is 5.33. The van der Waals surface area contributed by atoms with Gasteiger partial charge < -0.3 is 20.9 Å². The summed E-state index contributed by atoms with van der Waals surface area (Å²) in [6.45, 7) is 2.65. The first-order valence-corrected chi connectivity index (χ1v) is 7.26. The van der Waals surface area contributed by atoms with Crippen LogP contribution in [0.4, 0.5) is 5.69 Å². The number of rotatable bonds is 3. The van der Waals surface area contributed by atoms with Crippen molar-refractivity contribution in [3.63, 3.8) is 0 Å². The maximum Gasteiger partial charge on any atom is 0.266 e. The highest BCUT2D eigenvalue weighted by atomic mass is 16.2. The summed E-state index contributed by atoms with van der Waals surface area (Å²) in [5.74, 6) is -0.830. The van der Waals surface area contributed by atoms with Crippen LogP contribution in [-0.2, 0) is 4.79 Å². The minimum absolute atomic E-state index is 0.0996. The summed E-state index contributed by atoms with van der Waals surface area (Å²) < 4.78 is 0. The molecule has 7 nitrogen and oxygen atoms in total. The van der Waals surface area contributed by atoms with Gasteiger partial charge in [0.05, 0.1) is 5.56 Å². The van der Waals surface area contributed by atoms with Crippen molar-refractivity contribution in [1.82, 2.24) is 15.1 Å². The fourth-order valence-corrected chi connectivity index (χ4v) is 2.24. The van der Waals surface area contributed by atoms with E-state index in [0.29, 0.717) is 24.3 Å². The van der Waals surface area contributed by atoms with E-state index in [1.807, 2.05) is 13.1 Å². The lowest BCUT2D eigenvalue weighted by atomic mass is 10.1. The Morgan fingerprint density at radius 3 is 2.52 bits per heavy atom. The lowest BCUT2D eigenvalue weighted by Crippen LogP contribution is -2.47. The van der Waals surface area contributed by atoms with Crippen molar-refractivity contribution in [2.45, 2.75) is 0 Å². The number of nitrogens with zero attached hydrogens (tertiary/aromatic N) is 3. The fourth-order valence-electron chi connectivity index (χ4n) is 2.24. The van der Waals surface area contributed by atoms with E-state index < -0.39 is 5.91 Å². The third kappa shape index (κ3) is 4.08. The molecule has 0 bridgehead atoms. The molecule has 2 amide bonds. The van der Waals surface area contributed by atoms with Crippen LogP contribution in [0, 0.1) is 11.3 Å². The monoisotopic (exact) mass is 313 g/mol. The normalized spacial score (nSPS) is 15.8. The van der Waals surface area contributed by atoms with Gasteiger partial charge in [0.1, 0.15) is 11.6 Å². The van der Waals surface area contributed by atoms with Crippen LogP contribution in [-0.4, -0.2) is 54.8 Å². The predicted octanol–water partition coefficient (Wildman–Crippen LogP) is 0.180. The van der Waals surface area contributed by atoms with Crippen LogP contribution in [0.2, 0.25) is 0 Å². The van der Waals surface area contributed by atoms with Crippen LogP contribution in [0.5, 0.6) is 0 Å². The highest BCUT2D eigenvalue weighted by Crippen LogP contribution is 2.10. The van der Waals surface area contributed by atoms with Gasteiger partial charge in [0, 0.05) is 38.1 Å². The highest BCUT2D eigenvalue weighted by molar-refractivity contribution is 6.01.